The zero-order valence-corrected chi connectivity index (χ0v) is 11.1. The van der Waals surface area contributed by atoms with Crippen molar-refractivity contribution in [1.82, 2.24) is 0 Å². The van der Waals surface area contributed by atoms with Crippen LogP contribution in [0.2, 0.25) is 0 Å². The Labute approximate surface area is 101 Å². The van der Waals surface area contributed by atoms with Gasteiger partial charge in [-0.05, 0) is 73.2 Å². The quantitative estimate of drug-likeness (QED) is 0.453. The molecule has 0 aliphatic carbocycles. The molecule has 0 bridgehead atoms. The Morgan fingerprint density at radius 2 is 1.82 bits per heavy atom. The van der Waals surface area contributed by atoms with Gasteiger partial charge in [0.25, 0.3) is 0 Å². The molecule has 1 aromatic rings. The van der Waals surface area contributed by atoms with Crippen molar-refractivity contribution in [3.8, 4) is 6.07 Å². The van der Waals surface area contributed by atoms with E-state index in [0.29, 0.717) is 5.56 Å². The summed E-state index contributed by atoms with van der Waals surface area (Å²) in [6, 6.07) is 5.92. The third kappa shape index (κ3) is 2.29. The lowest BCUT2D eigenvalue weighted by molar-refractivity contribution is 1.44. The smallest absolute Gasteiger partial charge is 0.100 e. The van der Waals surface area contributed by atoms with Gasteiger partial charge in [-0.2, -0.15) is 5.26 Å². The standard InChI is InChI=1S/C7H2BrI2N/c8-5-2-7(10)6(9)1-4(5)3-11/h1-2H. The number of hydrogen-bond donors (Lipinski definition) is 0. The van der Waals surface area contributed by atoms with E-state index in [0.717, 1.165) is 11.6 Å². The Hall–Kier alpha value is 0.650. The molecule has 1 aromatic carbocycles. The summed E-state index contributed by atoms with van der Waals surface area (Å²) in [5.41, 5.74) is 0.690. The summed E-state index contributed by atoms with van der Waals surface area (Å²) >= 11 is 7.76. The van der Waals surface area contributed by atoms with Crippen molar-refractivity contribution in [1.29, 1.82) is 5.26 Å². The Bertz CT molecular complexity index is 330. The minimum Gasteiger partial charge on any atom is -0.192 e. The summed E-state index contributed by atoms with van der Waals surface area (Å²) in [5, 5.41) is 8.65. The van der Waals surface area contributed by atoms with Gasteiger partial charge < -0.3 is 0 Å². The molecule has 0 saturated heterocycles. The molecule has 0 aromatic heterocycles. The van der Waals surface area contributed by atoms with Gasteiger partial charge in [-0.3, -0.25) is 0 Å². The minimum absolute atomic E-state index is 0.690. The number of hydrogen-bond acceptors (Lipinski definition) is 1. The molecule has 0 atom stereocenters. The highest BCUT2D eigenvalue weighted by atomic mass is 127. The van der Waals surface area contributed by atoms with Crippen LogP contribution >= 0.6 is 61.1 Å². The predicted molar refractivity (Wildman–Crippen MR) is 64.3 cm³/mol. The van der Waals surface area contributed by atoms with E-state index in [2.05, 4.69) is 67.2 Å². The second-order valence-electron chi connectivity index (χ2n) is 1.86. The second kappa shape index (κ2) is 4.05. The summed E-state index contributed by atoms with van der Waals surface area (Å²) in [7, 11) is 0. The monoisotopic (exact) mass is 433 g/mol. The number of benzene rings is 1. The molecule has 11 heavy (non-hydrogen) atoms. The molecule has 0 saturated carbocycles. The molecule has 1 nitrogen and oxygen atoms in total. The average molecular weight is 434 g/mol. The first-order valence-corrected chi connectivity index (χ1v) is 5.65. The molecular formula is C7H2BrI2N. The molecule has 56 valence electrons. The maximum absolute atomic E-state index is 8.65. The molecule has 0 spiro atoms. The molecule has 0 fully saturated rings. The van der Waals surface area contributed by atoms with Gasteiger partial charge in [0.1, 0.15) is 6.07 Å². The van der Waals surface area contributed by atoms with E-state index in [1.54, 1.807) is 0 Å². The van der Waals surface area contributed by atoms with E-state index in [1.165, 1.54) is 0 Å². The molecule has 0 radical (unpaired) electrons. The Morgan fingerprint density at radius 3 is 2.36 bits per heavy atom. The van der Waals surface area contributed by atoms with E-state index in [9.17, 15) is 0 Å². The summed E-state index contributed by atoms with van der Waals surface area (Å²) in [6.07, 6.45) is 0. The predicted octanol–water partition coefficient (Wildman–Crippen LogP) is 3.53. The number of nitrogens with zero attached hydrogens (tertiary/aromatic N) is 1. The highest BCUT2D eigenvalue weighted by molar-refractivity contribution is 14.1. The van der Waals surface area contributed by atoms with Gasteiger partial charge in [0.2, 0.25) is 0 Å². The Balaban J connectivity index is 3.35. The van der Waals surface area contributed by atoms with Crippen LogP contribution in [0.4, 0.5) is 0 Å². The van der Waals surface area contributed by atoms with Crippen LogP contribution < -0.4 is 0 Å². The molecule has 0 unspecified atom stereocenters. The molecule has 0 amide bonds. The maximum Gasteiger partial charge on any atom is 0.100 e. The van der Waals surface area contributed by atoms with Gasteiger partial charge in [0.15, 0.2) is 0 Å². The normalized spacial score (nSPS) is 9.27. The van der Waals surface area contributed by atoms with Gasteiger partial charge in [0, 0.05) is 11.6 Å². The summed E-state index contributed by atoms with van der Waals surface area (Å²) in [4.78, 5) is 0. The zero-order valence-electron chi connectivity index (χ0n) is 5.24. The maximum atomic E-state index is 8.65. The highest BCUT2D eigenvalue weighted by Crippen LogP contribution is 2.23. The second-order valence-corrected chi connectivity index (χ2v) is 5.04. The van der Waals surface area contributed by atoms with Gasteiger partial charge in [-0.25, -0.2) is 0 Å². The fraction of sp³-hybridized carbons (Fsp3) is 0. The molecule has 4 heteroatoms. The first kappa shape index (κ1) is 9.74. The van der Waals surface area contributed by atoms with E-state index in [4.69, 9.17) is 5.26 Å². The zero-order chi connectivity index (χ0) is 8.43. The highest BCUT2D eigenvalue weighted by Gasteiger charge is 2.02. The van der Waals surface area contributed by atoms with Crippen LogP contribution in [-0.2, 0) is 0 Å². The van der Waals surface area contributed by atoms with Crippen molar-refractivity contribution in [2.24, 2.45) is 0 Å². The van der Waals surface area contributed by atoms with E-state index in [-0.39, 0.29) is 0 Å². The third-order valence-corrected chi connectivity index (χ3v) is 4.60. The molecule has 0 heterocycles. The number of nitriles is 1. The Morgan fingerprint density at radius 1 is 1.27 bits per heavy atom. The van der Waals surface area contributed by atoms with E-state index in [1.807, 2.05) is 12.1 Å². The lowest BCUT2D eigenvalue weighted by atomic mass is 10.2. The topological polar surface area (TPSA) is 23.8 Å². The summed E-state index contributed by atoms with van der Waals surface area (Å²) in [6.45, 7) is 0. The average Bonchev–Trinajstić information content (AvgIpc) is 1.97. The first-order chi connectivity index (χ1) is 5.15. The fourth-order valence-corrected chi connectivity index (χ4v) is 2.40. The summed E-state index contributed by atoms with van der Waals surface area (Å²) in [5.74, 6) is 0. The first-order valence-electron chi connectivity index (χ1n) is 2.70. The molecule has 1 rings (SSSR count). The lowest BCUT2D eigenvalue weighted by Gasteiger charge is -1.98. The minimum atomic E-state index is 0.690. The molecule has 0 aliphatic heterocycles. The van der Waals surface area contributed by atoms with Crippen LogP contribution in [0.1, 0.15) is 5.56 Å². The van der Waals surface area contributed by atoms with Crippen molar-refractivity contribution in [3.63, 3.8) is 0 Å². The van der Waals surface area contributed by atoms with Crippen LogP contribution in [0.5, 0.6) is 0 Å². The van der Waals surface area contributed by atoms with Crippen LogP contribution in [0.15, 0.2) is 16.6 Å². The number of rotatable bonds is 0. The molecule has 0 N–H and O–H groups in total. The lowest BCUT2D eigenvalue weighted by Crippen LogP contribution is -1.83. The SMILES string of the molecule is N#Cc1cc(I)c(I)cc1Br. The largest absolute Gasteiger partial charge is 0.192 e. The van der Waals surface area contributed by atoms with Crippen LogP contribution in [0.3, 0.4) is 0 Å². The van der Waals surface area contributed by atoms with Crippen LogP contribution in [0.25, 0.3) is 0 Å². The van der Waals surface area contributed by atoms with Crippen molar-refractivity contribution in [2.75, 3.05) is 0 Å². The van der Waals surface area contributed by atoms with Crippen molar-refractivity contribution < 1.29 is 0 Å². The summed E-state index contributed by atoms with van der Waals surface area (Å²) < 4.78 is 3.14. The van der Waals surface area contributed by atoms with Gasteiger partial charge in [0.05, 0.1) is 5.56 Å². The third-order valence-electron chi connectivity index (χ3n) is 1.13. The molecule has 0 aliphatic rings. The van der Waals surface area contributed by atoms with E-state index < -0.39 is 0 Å². The van der Waals surface area contributed by atoms with Gasteiger partial charge >= 0.3 is 0 Å². The van der Waals surface area contributed by atoms with Crippen molar-refractivity contribution in [3.05, 3.63) is 29.3 Å². The van der Waals surface area contributed by atoms with Crippen LogP contribution in [0, 0.1) is 18.5 Å². The van der Waals surface area contributed by atoms with Crippen LogP contribution in [-0.4, -0.2) is 0 Å². The van der Waals surface area contributed by atoms with Gasteiger partial charge in [-0.15, -0.1) is 0 Å². The Kier molecular flexibility index (Phi) is 3.58. The van der Waals surface area contributed by atoms with Crippen molar-refractivity contribution in [2.45, 2.75) is 0 Å². The number of halogens is 3. The van der Waals surface area contributed by atoms with Crippen molar-refractivity contribution >= 4 is 61.1 Å². The van der Waals surface area contributed by atoms with E-state index >= 15 is 0 Å². The fourth-order valence-electron chi connectivity index (χ4n) is 0.608. The van der Waals surface area contributed by atoms with Gasteiger partial charge in [-0.1, -0.05) is 0 Å². The molecular weight excluding hydrogens is 432 g/mol.